The standard InChI is InChI=1S/C30H30/c1-4-22-7-13-25(14-8-22)28-19-29(26-15-9-23(5-2)10-16-26)21-30(20-28)27-17-11-24(6-3)12-18-27/h7-21H,4-6H2,1-3H3. The predicted molar refractivity (Wildman–Crippen MR) is 131 cm³/mol. The van der Waals surface area contributed by atoms with E-state index in [1.54, 1.807) is 0 Å². The predicted octanol–water partition coefficient (Wildman–Crippen LogP) is 8.37. The molecule has 4 rings (SSSR count). The Balaban J connectivity index is 1.83. The van der Waals surface area contributed by atoms with Gasteiger partial charge < -0.3 is 0 Å². The Morgan fingerprint density at radius 2 is 0.567 bits per heavy atom. The molecule has 0 aliphatic heterocycles. The SMILES string of the molecule is CCc1ccc(-c2cc(-c3ccc(CC)cc3)cc(-c3ccc(CC)cc3)c2)cc1. The van der Waals surface area contributed by atoms with Crippen molar-refractivity contribution in [1.29, 1.82) is 0 Å². The lowest BCUT2D eigenvalue weighted by molar-refractivity contribution is 1.14. The molecular weight excluding hydrogens is 360 g/mol. The van der Waals surface area contributed by atoms with Gasteiger partial charge in [0.2, 0.25) is 0 Å². The zero-order valence-corrected chi connectivity index (χ0v) is 18.3. The summed E-state index contributed by atoms with van der Waals surface area (Å²) in [4.78, 5) is 0. The highest BCUT2D eigenvalue weighted by Crippen LogP contribution is 2.33. The molecule has 0 saturated carbocycles. The van der Waals surface area contributed by atoms with Gasteiger partial charge in [0.15, 0.2) is 0 Å². The fraction of sp³-hybridized carbons (Fsp3) is 0.200. The largest absolute Gasteiger partial charge is 0.0613 e. The van der Waals surface area contributed by atoms with E-state index in [0.29, 0.717) is 0 Å². The van der Waals surface area contributed by atoms with E-state index in [-0.39, 0.29) is 0 Å². The van der Waals surface area contributed by atoms with E-state index in [4.69, 9.17) is 0 Å². The van der Waals surface area contributed by atoms with Crippen molar-refractivity contribution in [2.24, 2.45) is 0 Å². The molecule has 4 aromatic rings. The second-order valence-electron chi connectivity index (χ2n) is 7.95. The minimum absolute atomic E-state index is 1.07. The molecule has 0 amide bonds. The third-order valence-electron chi connectivity index (χ3n) is 6.02. The summed E-state index contributed by atoms with van der Waals surface area (Å²) in [6, 6.07) is 34.0. The molecule has 0 bridgehead atoms. The highest BCUT2D eigenvalue weighted by Gasteiger charge is 2.08. The van der Waals surface area contributed by atoms with Gasteiger partial charge in [-0.3, -0.25) is 0 Å². The summed E-state index contributed by atoms with van der Waals surface area (Å²) in [5.74, 6) is 0. The average molecular weight is 391 g/mol. The number of benzene rings is 4. The van der Waals surface area contributed by atoms with Crippen LogP contribution >= 0.6 is 0 Å². The van der Waals surface area contributed by atoms with Crippen LogP contribution < -0.4 is 0 Å². The first-order valence-electron chi connectivity index (χ1n) is 11.1. The Morgan fingerprint density at radius 1 is 0.333 bits per heavy atom. The van der Waals surface area contributed by atoms with Crippen LogP contribution in [0.3, 0.4) is 0 Å². The Kier molecular flexibility index (Phi) is 6.14. The third kappa shape index (κ3) is 4.39. The van der Waals surface area contributed by atoms with E-state index in [2.05, 4.69) is 112 Å². The second kappa shape index (κ2) is 9.13. The fourth-order valence-electron chi connectivity index (χ4n) is 3.93. The van der Waals surface area contributed by atoms with Crippen LogP contribution in [-0.4, -0.2) is 0 Å². The molecule has 0 nitrogen and oxygen atoms in total. The van der Waals surface area contributed by atoms with Crippen molar-refractivity contribution in [2.75, 3.05) is 0 Å². The van der Waals surface area contributed by atoms with Crippen molar-refractivity contribution in [2.45, 2.75) is 40.0 Å². The maximum absolute atomic E-state index is 2.33. The molecule has 150 valence electrons. The van der Waals surface area contributed by atoms with Crippen LogP contribution in [0.4, 0.5) is 0 Å². The molecule has 0 unspecified atom stereocenters. The van der Waals surface area contributed by atoms with E-state index in [0.717, 1.165) is 19.3 Å². The molecule has 0 fully saturated rings. The molecule has 0 spiro atoms. The van der Waals surface area contributed by atoms with Crippen LogP contribution in [0.5, 0.6) is 0 Å². The van der Waals surface area contributed by atoms with Gasteiger partial charge >= 0.3 is 0 Å². The Hall–Kier alpha value is -3.12. The van der Waals surface area contributed by atoms with E-state index in [9.17, 15) is 0 Å². The number of aryl methyl sites for hydroxylation is 3. The molecule has 0 aliphatic rings. The average Bonchev–Trinajstić information content (AvgIpc) is 2.84. The first-order chi connectivity index (χ1) is 14.7. The molecule has 0 radical (unpaired) electrons. The van der Waals surface area contributed by atoms with Crippen molar-refractivity contribution in [3.05, 3.63) is 108 Å². The molecular formula is C30H30. The lowest BCUT2D eigenvalue weighted by atomic mass is 9.92. The lowest BCUT2D eigenvalue weighted by Crippen LogP contribution is -1.88. The molecule has 0 N–H and O–H groups in total. The molecule has 4 aromatic carbocycles. The van der Waals surface area contributed by atoms with Gasteiger partial charge in [-0.05, 0) is 87.5 Å². The molecule has 0 saturated heterocycles. The van der Waals surface area contributed by atoms with Crippen LogP contribution in [0.15, 0.2) is 91.0 Å². The summed E-state index contributed by atoms with van der Waals surface area (Å²) in [5, 5.41) is 0. The molecule has 0 aliphatic carbocycles. The van der Waals surface area contributed by atoms with E-state index in [1.807, 2.05) is 0 Å². The molecule has 0 heteroatoms. The van der Waals surface area contributed by atoms with Gasteiger partial charge in [0, 0.05) is 0 Å². The van der Waals surface area contributed by atoms with Crippen molar-refractivity contribution in [3.8, 4) is 33.4 Å². The van der Waals surface area contributed by atoms with Crippen molar-refractivity contribution in [3.63, 3.8) is 0 Å². The molecule has 0 aromatic heterocycles. The topological polar surface area (TPSA) is 0 Å². The van der Waals surface area contributed by atoms with E-state index >= 15 is 0 Å². The van der Waals surface area contributed by atoms with Gasteiger partial charge in [-0.25, -0.2) is 0 Å². The maximum atomic E-state index is 2.33. The summed E-state index contributed by atoms with van der Waals surface area (Å²) in [7, 11) is 0. The van der Waals surface area contributed by atoms with Gasteiger partial charge in [-0.2, -0.15) is 0 Å². The van der Waals surface area contributed by atoms with Crippen LogP contribution in [-0.2, 0) is 19.3 Å². The summed E-state index contributed by atoms with van der Waals surface area (Å²) in [6.45, 7) is 6.61. The van der Waals surface area contributed by atoms with E-state index in [1.165, 1.54) is 50.1 Å². The summed E-state index contributed by atoms with van der Waals surface area (Å²) in [5.41, 5.74) is 11.7. The second-order valence-corrected chi connectivity index (χ2v) is 7.95. The minimum Gasteiger partial charge on any atom is -0.0613 e. The van der Waals surface area contributed by atoms with Gasteiger partial charge in [0.05, 0.1) is 0 Å². The van der Waals surface area contributed by atoms with Crippen LogP contribution in [0.25, 0.3) is 33.4 Å². The van der Waals surface area contributed by atoms with Crippen molar-refractivity contribution >= 4 is 0 Å². The highest BCUT2D eigenvalue weighted by molar-refractivity contribution is 5.81. The summed E-state index contributed by atoms with van der Waals surface area (Å²) in [6.07, 6.45) is 3.21. The number of hydrogen-bond donors (Lipinski definition) is 0. The normalized spacial score (nSPS) is 10.9. The smallest absolute Gasteiger partial charge is 0.0172 e. The Labute approximate surface area is 181 Å². The Bertz CT molecular complexity index is 940. The van der Waals surface area contributed by atoms with E-state index < -0.39 is 0 Å². The highest BCUT2D eigenvalue weighted by atomic mass is 14.1. The number of rotatable bonds is 6. The minimum atomic E-state index is 1.07. The van der Waals surface area contributed by atoms with Gasteiger partial charge in [0.1, 0.15) is 0 Å². The summed E-state index contributed by atoms with van der Waals surface area (Å²) >= 11 is 0. The van der Waals surface area contributed by atoms with Crippen molar-refractivity contribution in [1.82, 2.24) is 0 Å². The van der Waals surface area contributed by atoms with Crippen molar-refractivity contribution < 1.29 is 0 Å². The molecule has 0 heterocycles. The van der Waals surface area contributed by atoms with Gasteiger partial charge in [-0.15, -0.1) is 0 Å². The molecule has 30 heavy (non-hydrogen) atoms. The van der Waals surface area contributed by atoms with Crippen LogP contribution in [0, 0.1) is 0 Å². The third-order valence-corrected chi connectivity index (χ3v) is 6.02. The lowest BCUT2D eigenvalue weighted by Gasteiger charge is -2.12. The van der Waals surface area contributed by atoms with Crippen LogP contribution in [0.2, 0.25) is 0 Å². The number of hydrogen-bond acceptors (Lipinski definition) is 0. The fourth-order valence-corrected chi connectivity index (χ4v) is 3.93. The van der Waals surface area contributed by atoms with Gasteiger partial charge in [0.25, 0.3) is 0 Å². The van der Waals surface area contributed by atoms with Crippen LogP contribution in [0.1, 0.15) is 37.5 Å². The quantitative estimate of drug-likeness (QED) is 0.310. The first kappa shape index (κ1) is 20.2. The zero-order chi connectivity index (χ0) is 20.9. The maximum Gasteiger partial charge on any atom is -0.0172 e. The molecule has 0 atom stereocenters. The van der Waals surface area contributed by atoms with Gasteiger partial charge in [-0.1, -0.05) is 93.6 Å². The monoisotopic (exact) mass is 390 g/mol. The summed E-state index contributed by atoms with van der Waals surface area (Å²) < 4.78 is 0. The Morgan fingerprint density at radius 3 is 0.767 bits per heavy atom. The first-order valence-corrected chi connectivity index (χ1v) is 11.1. The zero-order valence-electron chi connectivity index (χ0n) is 18.3.